The van der Waals surface area contributed by atoms with Crippen LogP contribution in [-0.2, 0) is 10.2 Å². The van der Waals surface area contributed by atoms with Crippen LogP contribution < -0.4 is 10.2 Å². The van der Waals surface area contributed by atoms with Crippen molar-refractivity contribution in [3.05, 3.63) is 90.0 Å². The summed E-state index contributed by atoms with van der Waals surface area (Å²) in [7, 11) is 0. The van der Waals surface area contributed by atoms with Crippen LogP contribution >= 0.6 is 0 Å². The smallest absolute Gasteiger partial charge is 0.277 e. The number of carbonyl (C=O) groups excluding carboxylic acids is 2. The zero-order valence-corrected chi connectivity index (χ0v) is 20.2. The molecule has 0 radical (unpaired) electrons. The van der Waals surface area contributed by atoms with Crippen molar-refractivity contribution in [3.63, 3.8) is 0 Å². The molecule has 0 aliphatic carbocycles. The molecule has 6 nitrogen and oxygen atoms in total. The Morgan fingerprint density at radius 3 is 2.09 bits per heavy atom. The zero-order valence-electron chi connectivity index (χ0n) is 20.2. The molecule has 1 unspecified atom stereocenters. The SMILES string of the molecule is CC(C)(C)NC(=O)C(c1cccnc1)N(C(=O)c1ccccn1)c1ccc(C(C)(C)C)cc1. The number of pyridine rings is 2. The van der Waals surface area contributed by atoms with Gasteiger partial charge in [-0.3, -0.25) is 24.5 Å². The average molecular weight is 445 g/mol. The average Bonchev–Trinajstić information content (AvgIpc) is 2.76. The maximum absolute atomic E-state index is 13.8. The fraction of sp³-hybridized carbons (Fsp3) is 0.333. The Kier molecular flexibility index (Phi) is 6.96. The van der Waals surface area contributed by atoms with E-state index in [1.54, 1.807) is 42.9 Å². The van der Waals surface area contributed by atoms with E-state index < -0.39 is 11.6 Å². The lowest BCUT2D eigenvalue weighted by atomic mass is 9.87. The first-order valence-electron chi connectivity index (χ1n) is 11.0. The van der Waals surface area contributed by atoms with Gasteiger partial charge in [0, 0.05) is 35.4 Å². The molecule has 1 atom stereocenters. The van der Waals surface area contributed by atoms with Gasteiger partial charge in [-0.2, -0.15) is 0 Å². The molecule has 0 saturated carbocycles. The van der Waals surface area contributed by atoms with Gasteiger partial charge < -0.3 is 5.32 Å². The molecular formula is C27H32N4O2. The number of carbonyl (C=O) groups is 2. The van der Waals surface area contributed by atoms with Gasteiger partial charge in [-0.25, -0.2) is 0 Å². The summed E-state index contributed by atoms with van der Waals surface area (Å²) in [6, 6.07) is 15.6. The van der Waals surface area contributed by atoms with Crippen LogP contribution in [0.2, 0.25) is 0 Å². The lowest BCUT2D eigenvalue weighted by Gasteiger charge is -2.33. The predicted molar refractivity (Wildman–Crippen MR) is 131 cm³/mol. The molecule has 33 heavy (non-hydrogen) atoms. The van der Waals surface area contributed by atoms with Gasteiger partial charge >= 0.3 is 0 Å². The van der Waals surface area contributed by atoms with E-state index in [2.05, 4.69) is 36.1 Å². The number of aromatic nitrogens is 2. The number of hydrogen-bond acceptors (Lipinski definition) is 4. The van der Waals surface area contributed by atoms with Gasteiger partial charge in [0.15, 0.2) is 0 Å². The summed E-state index contributed by atoms with van der Waals surface area (Å²) in [5.74, 6) is -0.656. The Labute approximate surface area is 196 Å². The number of anilines is 1. The molecule has 3 aromatic rings. The van der Waals surface area contributed by atoms with Crippen molar-refractivity contribution >= 4 is 17.5 Å². The van der Waals surface area contributed by atoms with Crippen molar-refractivity contribution < 1.29 is 9.59 Å². The largest absolute Gasteiger partial charge is 0.349 e. The Morgan fingerprint density at radius 2 is 1.58 bits per heavy atom. The summed E-state index contributed by atoms with van der Waals surface area (Å²) < 4.78 is 0. The van der Waals surface area contributed by atoms with Gasteiger partial charge in [0.25, 0.3) is 5.91 Å². The predicted octanol–water partition coefficient (Wildman–Crippen LogP) is 5.08. The maximum atomic E-state index is 13.8. The lowest BCUT2D eigenvalue weighted by Crippen LogP contribution is -2.49. The fourth-order valence-corrected chi connectivity index (χ4v) is 3.51. The summed E-state index contributed by atoms with van der Waals surface area (Å²) in [6.45, 7) is 12.1. The van der Waals surface area contributed by atoms with Crippen molar-refractivity contribution in [1.82, 2.24) is 15.3 Å². The highest BCUT2D eigenvalue weighted by molar-refractivity contribution is 6.09. The van der Waals surface area contributed by atoms with Gasteiger partial charge in [-0.1, -0.05) is 45.0 Å². The van der Waals surface area contributed by atoms with Crippen molar-refractivity contribution in [1.29, 1.82) is 0 Å². The molecule has 1 aromatic carbocycles. The van der Waals surface area contributed by atoms with Crippen LogP contribution in [0.1, 0.15) is 69.2 Å². The normalized spacial score (nSPS) is 12.7. The van der Waals surface area contributed by atoms with E-state index >= 15 is 0 Å². The molecule has 6 heteroatoms. The molecular weight excluding hydrogens is 412 g/mol. The highest BCUT2D eigenvalue weighted by Gasteiger charge is 2.35. The van der Waals surface area contributed by atoms with Gasteiger partial charge in [-0.05, 0) is 62.1 Å². The standard InChI is InChI=1S/C27H32N4O2/c1-26(2,3)20-12-14-21(15-13-20)31(25(33)22-11-7-8-17-29-22)23(19-10-9-16-28-18-19)24(32)30-27(4,5)6/h7-18,23H,1-6H3,(H,30,32). The van der Waals surface area contributed by atoms with E-state index in [1.165, 1.54) is 4.90 Å². The number of nitrogens with zero attached hydrogens (tertiary/aromatic N) is 3. The fourth-order valence-electron chi connectivity index (χ4n) is 3.51. The lowest BCUT2D eigenvalue weighted by molar-refractivity contribution is -0.123. The highest BCUT2D eigenvalue weighted by Crippen LogP contribution is 2.32. The second kappa shape index (κ2) is 9.53. The van der Waals surface area contributed by atoms with Crippen LogP contribution in [-0.4, -0.2) is 27.3 Å². The number of benzene rings is 1. The van der Waals surface area contributed by atoms with Gasteiger partial charge in [0.05, 0.1) is 0 Å². The minimum Gasteiger partial charge on any atom is -0.349 e. The van der Waals surface area contributed by atoms with Crippen LogP contribution in [0, 0.1) is 0 Å². The topological polar surface area (TPSA) is 75.2 Å². The molecule has 1 N–H and O–H groups in total. The van der Waals surface area contributed by atoms with Crippen LogP contribution in [0.4, 0.5) is 5.69 Å². The van der Waals surface area contributed by atoms with Gasteiger partial charge in [0.2, 0.25) is 5.91 Å². The first-order valence-corrected chi connectivity index (χ1v) is 11.0. The molecule has 0 aliphatic rings. The summed E-state index contributed by atoms with van der Waals surface area (Å²) in [5.41, 5.74) is 2.09. The third-order valence-electron chi connectivity index (χ3n) is 5.12. The summed E-state index contributed by atoms with van der Waals surface area (Å²) in [4.78, 5) is 37.3. The third kappa shape index (κ3) is 6.04. The Morgan fingerprint density at radius 1 is 0.879 bits per heavy atom. The van der Waals surface area contributed by atoms with E-state index in [9.17, 15) is 9.59 Å². The number of amides is 2. The first-order chi connectivity index (χ1) is 15.5. The van der Waals surface area contributed by atoms with Gasteiger partial charge in [-0.15, -0.1) is 0 Å². The molecule has 0 aliphatic heterocycles. The van der Waals surface area contributed by atoms with Crippen LogP contribution in [0.5, 0.6) is 0 Å². The van der Waals surface area contributed by atoms with Crippen LogP contribution in [0.15, 0.2) is 73.2 Å². The van der Waals surface area contributed by atoms with Crippen molar-refractivity contribution in [2.45, 2.75) is 58.5 Å². The second-order valence-electron chi connectivity index (χ2n) is 10.1. The number of rotatable bonds is 5. The molecule has 3 rings (SSSR count). The van der Waals surface area contributed by atoms with Crippen molar-refractivity contribution in [2.75, 3.05) is 4.90 Å². The molecule has 2 amide bonds. The summed E-state index contributed by atoms with van der Waals surface area (Å²) in [6.07, 6.45) is 4.84. The molecule has 0 bridgehead atoms. The van der Waals surface area contributed by atoms with E-state index in [-0.39, 0.29) is 22.9 Å². The summed E-state index contributed by atoms with van der Waals surface area (Å²) >= 11 is 0. The van der Waals surface area contributed by atoms with E-state index in [0.29, 0.717) is 11.3 Å². The Hall–Kier alpha value is -3.54. The van der Waals surface area contributed by atoms with E-state index in [4.69, 9.17) is 0 Å². The zero-order chi connectivity index (χ0) is 24.2. The monoisotopic (exact) mass is 444 g/mol. The molecule has 0 spiro atoms. The van der Waals surface area contributed by atoms with E-state index in [0.717, 1.165) is 5.56 Å². The molecule has 2 heterocycles. The number of hydrogen-bond donors (Lipinski definition) is 1. The first kappa shape index (κ1) is 24.1. The highest BCUT2D eigenvalue weighted by atomic mass is 16.2. The Balaban J connectivity index is 2.17. The minimum atomic E-state index is -0.923. The summed E-state index contributed by atoms with van der Waals surface area (Å²) in [5, 5.41) is 3.03. The number of nitrogens with one attached hydrogen (secondary N) is 1. The maximum Gasteiger partial charge on any atom is 0.277 e. The van der Waals surface area contributed by atoms with Crippen LogP contribution in [0.25, 0.3) is 0 Å². The molecule has 172 valence electrons. The molecule has 0 saturated heterocycles. The molecule has 0 fully saturated rings. The van der Waals surface area contributed by atoms with E-state index in [1.807, 2.05) is 51.1 Å². The van der Waals surface area contributed by atoms with Crippen molar-refractivity contribution in [2.24, 2.45) is 0 Å². The molecule has 2 aromatic heterocycles. The quantitative estimate of drug-likeness (QED) is 0.596. The van der Waals surface area contributed by atoms with Crippen molar-refractivity contribution in [3.8, 4) is 0 Å². The van der Waals surface area contributed by atoms with Crippen LogP contribution in [0.3, 0.4) is 0 Å². The second-order valence-corrected chi connectivity index (χ2v) is 10.1. The van der Waals surface area contributed by atoms with Gasteiger partial charge in [0.1, 0.15) is 11.7 Å². The third-order valence-corrected chi connectivity index (χ3v) is 5.12. The minimum absolute atomic E-state index is 0.0410. The Bertz CT molecular complexity index is 1080.